The van der Waals surface area contributed by atoms with E-state index in [2.05, 4.69) is 42.5 Å². The first-order valence-corrected chi connectivity index (χ1v) is 20.2. The van der Waals surface area contributed by atoms with Crippen molar-refractivity contribution in [3.05, 3.63) is 18.2 Å². The molecule has 1 aromatic rings. The second-order valence-corrected chi connectivity index (χ2v) is 26.7. The molecule has 0 aromatic carbocycles. The van der Waals surface area contributed by atoms with Gasteiger partial charge < -0.3 is 0 Å². The monoisotopic (exact) mass is 516 g/mol. The Bertz CT molecular complexity index is 388. The molecule has 0 fully saturated rings. The first kappa shape index (κ1) is 21.2. The van der Waals surface area contributed by atoms with Crippen LogP contribution in [0, 0.1) is 0 Å². The van der Waals surface area contributed by atoms with E-state index in [0.29, 0.717) is 0 Å². The number of aromatic nitrogens is 2. The van der Waals surface area contributed by atoms with E-state index in [1.165, 1.54) is 82.0 Å². The maximum atomic E-state index is 4.71. The van der Waals surface area contributed by atoms with Crippen LogP contribution >= 0.6 is 0 Å². The van der Waals surface area contributed by atoms with E-state index < -0.39 is 21.5 Å². The summed E-state index contributed by atoms with van der Waals surface area (Å²) in [5.41, 5.74) is 0. The molecular weight excluding hydrogens is 475 g/mol. The second-order valence-electron chi connectivity index (χ2n) is 7.08. The Morgan fingerprint density at radius 1 is 0.783 bits per heavy atom. The van der Waals surface area contributed by atoms with Crippen molar-refractivity contribution in [3.8, 4) is 0 Å². The van der Waals surface area contributed by atoms with Gasteiger partial charge in [0.15, 0.2) is 0 Å². The van der Waals surface area contributed by atoms with Crippen molar-refractivity contribution in [3.63, 3.8) is 0 Å². The summed E-state index contributed by atoms with van der Waals surface area (Å²) in [5, 5.41) is 0. The van der Waals surface area contributed by atoms with Crippen LogP contribution in [0.15, 0.2) is 12.4 Å². The topological polar surface area (TPSA) is 17.8 Å². The fourth-order valence-corrected chi connectivity index (χ4v) is 17.9. The third kappa shape index (κ3) is 6.87. The third-order valence-corrected chi connectivity index (χ3v) is 26.6. The van der Waals surface area contributed by atoms with Crippen molar-refractivity contribution in [2.24, 2.45) is 0 Å². The molecular formula is C20H40N2Pb. The van der Waals surface area contributed by atoms with E-state index in [1.807, 2.05) is 0 Å². The number of hydrogen-bond donors (Lipinski definition) is 0. The summed E-state index contributed by atoms with van der Waals surface area (Å²) in [7, 11) is 0. The molecule has 0 saturated heterocycles. The molecule has 0 amide bonds. The molecule has 0 atom stereocenters. The van der Waals surface area contributed by atoms with Crippen molar-refractivity contribution in [2.75, 3.05) is 0 Å². The van der Waals surface area contributed by atoms with Crippen LogP contribution in [0.2, 0.25) is 11.9 Å². The van der Waals surface area contributed by atoms with Crippen molar-refractivity contribution in [2.45, 2.75) is 104 Å². The number of rotatable bonds is 14. The molecule has 1 heterocycles. The Labute approximate surface area is 150 Å². The van der Waals surface area contributed by atoms with E-state index >= 15 is 0 Å². The number of nitrogens with zero attached hydrogens (tertiary/aromatic N) is 2. The molecule has 2 nitrogen and oxygen atoms in total. The average Bonchev–Trinajstić information content (AvgIpc) is 3.05. The standard InChI is InChI=1S/C14H25N2.3C2H5.Pb/c1-2-3-4-5-6-7-8-9-10-11-14-15-12-13-16-14;3*1-2;/h12-13H,2-11H2,1H3;3*1H2,2H3;/q-1;;;;+1. The molecule has 0 unspecified atom stereocenters. The van der Waals surface area contributed by atoms with Crippen LogP contribution in [-0.4, -0.2) is 28.8 Å². The minimum atomic E-state index is -2.29. The molecule has 0 aliphatic heterocycles. The molecule has 0 aliphatic carbocycles. The van der Waals surface area contributed by atoms with Crippen LogP contribution in [0.3, 0.4) is 0 Å². The van der Waals surface area contributed by atoms with Gasteiger partial charge in [-0.15, -0.1) is 0 Å². The van der Waals surface area contributed by atoms with Gasteiger partial charge >= 0.3 is 144 Å². The third-order valence-electron chi connectivity index (χ3n) is 5.71. The SMILES string of the molecule is CCCCCCCCCCCc1ncc[n]1[Pb]([CH2]C)([CH2]C)[CH2]C. The number of aryl methyl sites for hydroxylation is 1. The molecule has 134 valence electrons. The van der Waals surface area contributed by atoms with Gasteiger partial charge in [-0.25, -0.2) is 0 Å². The van der Waals surface area contributed by atoms with Gasteiger partial charge in [0.05, 0.1) is 0 Å². The Morgan fingerprint density at radius 2 is 1.30 bits per heavy atom. The number of unbranched alkanes of at least 4 members (excludes halogenated alkanes) is 8. The van der Waals surface area contributed by atoms with Gasteiger partial charge in [-0.3, -0.25) is 0 Å². The second kappa shape index (κ2) is 12.5. The fraction of sp³-hybridized carbons (Fsp3) is 0.850. The molecule has 0 radical (unpaired) electrons. The zero-order valence-electron chi connectivity index (χ0n) is 16.2. The molecule has 0 N–H and O–H groups in total. The molecule has 0 bridgehead atoms. The van der Waals surface area contributed by atoms with Gasteiger partial charge in [0.2, 0.25) is 0 Å². The van der Waals surface area contributed by atoms with E-state index in [-0.39, 0.29) is 0 Å². The van der Waals surface area contributed by atoms with Gasteiger partial charge in [0.25, 0.3) is 0 Å². The van der Waals surface area contributed by atoms with Crippen LogP contribution < -0.4 is 0 Å². The predicted molar refractivity (Wildman–Crippen MR) is 106 cm³/mol. The summed E-state index contributed by atoms with van der Waals surface area (Å²) in [4.78, 5) is 4.71. The Balaban J connectivity index is 2.30. The Morgan fingerprint density at radius 3 is 1.83 bits per heavy atom. The summed E-state index contributed by atoms with van der Waals surface area (Å²) in [6, 6.07) is 0. The summed E-state index contributed by atoms with van der Waals surface area (Å²) in [6.45, 7) is 9.53. The van der Waals surface area contributed by atoms with E-state index in [9.17, 15) is 0 Å². The maximum absolute atomic E-state index is 4.71. The van der Waals surface area contributed by atoms with Crippen molar-refractivity contribution >= 4 is 21.5 Å². The zero-order valence-corrected chi connectivity index (χ0v) is 20.1. The van der Waals surface area contributed by atoms with Gasteiger partial charge in [0.1, 0.15) is 0 Å². The van der Waals surface area contributed by atoms with Crippen LogP contribution in [0.1, 0.15) is 91.3 Å². The summed E-state index contributed by atoms with van der Waals surface area (Å²) >= 11 is -2.29. The van der Waals surface area contributed by atoms with E-state index in [4.69, 9.17) is 4.98 Å². The van der Waals surface area contributed by atoms with Crippen LogP contribution in [0.4, 0.5) is 0 Å². The molecule has 0 saturated carbocycles. The van der Waals surface area contributed by atoms with Gasteiger partial charge in [-0.05, 0) is 0 Å². The summed E-state index contributed by atoms with van der Waals surface area (Å²) < 4.78 is 6.96. The molecule has 23 heavy (non-hydrogen) atoms. The summed E-state index contributed by atoms with van der Waals surface area (Å²) in [5.74, 6) is 1.40. The van der Waals surface area contributed by atoms with Crippen LogP contribution in [0.5, 0.6) is 0 Å². The molecule has 1 aromatic heterocycles. The normalized spacial score (nSPS) is 12.0. The molecule has 0 spiro atoms. The van der Waals surface area contributed by atoms with Crippen LogP contribution in [0.25, 0.3) is 0 Å². The van der Waals surface area contributed by atoms with Gasteiger partial charge in [-0.2, -0.15) is 0 Å². The Kier molecular flexibility index (Phi) is 11.5. The van der Waals surface area contributed by atoms with Gasteiger partial charge in [0, 0.05) is 0 Å². The molecule has 1 rings (SSSR count). The number of imidazole rings is 1. The van der Waals surface area contributed by atoms with E-state index in [1.54, 1.807) is 0 Å². The predicted octanol–water partition coefficient (Wildman–Crippen LogP) is 6.81. The first-order valence-electron chi connectivity index (χ1n) is 10.3. The first-order chi connectivity index (χ1) is 11.2. The number of hydrogen-bond acceptors (Lipinski definition) is 1. The van der Waals surface area contributed by atoms with Gasteiger partial charge in [-0.1, -0.05) is 6.92 Å². The van der Waals surface area contributed by atoms with Crippen molar-refractivity contribution < 1.29 is 0 Å². The fourth-order valence-electron chi connectivity index (χ4n) is 3.81. The molecule has 0 aliphatic rings. The van der Waals surface area contributed by atoms with E-state index in [0.717, 1.165) is 0 Å². The Hall–Kier alpha value is 0.132. The zero-order chi connectivity index (χ0) is 17.0. The van der Waals surface area contributed by atoms with Crippen molar-refractivity contribution in [1.29, 1.82) is 0 Å². The average molecular weight is 516 g/mol. The van der Waals surface area contributed by atoms with Crippen molar-refractivity contribution in [1.82, 2.24) is 7.36 Å². The van der Waals surface area contributed by atoms with Crippen LogP contribution in [-0.2, 0) is 6.42 Å². The minimum absolute atomic E-state index is 1.20. The molecule has 3 heteroatoms. The quantitative estimate of drug-likeness (QED) is 0.197. The summed E-state index contributed by atoms with van der Waals surface area (Å²) in [6.07, 6.45) is 18.2.